The Labute approximate surface area is 130 Å². The van der Waals surface area contributed by atoms with Gasteiger partial charge in [0, 0.05) is 45.4 Å². The van der Waals surface area contributed by atoms with E-state index in [1.165, 1.54) is 38.9 Å². The summed E-state index contributed by atoms with van der Waals surface area (Å²) in [5, 5.41) is 3.80. The third kappa shape index (κ3) is 6.23. The third-order valence-electron chi connectivity index (χ3n) is 4.66. The van der Waals surface area contributed by atoms with Crippen LogP contribution in [0.3, 0.4) is 0 Å². The van der Waals surface area contributed by atoms with Gasteiger partial charge in [0.2, 0.25) is 0 Å². The van der Waals surface area contributed by atoms with Gasteiger partial charge in [0.05, 0.1) is 13.2 Å². The fourth-order valence-corrected chi connectivity index (χ4v) is 3.36. The van der Waals surface area contributed by atoms with Crippen LogP contribution in [0.5, 0.6) is 0 Å². The number of nitrogens with zero attached hydrogens (tertiary/aromatic N) is 1. The lowest BCUT2D eigenvalue weighted by Crippen LogP contribution is -2.57. The molecule has 1 aliphatic carbocycles. The van der Waals surface area contributed by atoms with Crippen molar-refractivity contribution in [2.75, 3.05) is 46.6 Å². The van der Waals surface area contributed by atoms with Crippen molar-refractivity contribution in [3.8, 4) is 0 Å². The second kappa shape index (κ2) is 9.09. The fraction of sp³-hybridized carbons (Fsp3) is 1.00. The predicted molar refractivity (Wildman–Crippen MR) is 86.6 cm³/mol. The molecule has 1 heterocycles. The van der Waals surface area contributed by atoms with Crippen LogP contribution < -0.4 is 5.32 Å². The molecule has 4 heteroatoms. The first-order valence-electron chi connectivity index (χ1n) is 8.74. The summed E-state index contributed by atoms with van der Waals surface area (Å²) in [6.07, 6.45) is 5.30. The quantitative estimate of drug-likeness (QED) is 0.627. The van der Waals surface area contributed by atoms with E-state index in [2.05, 4.69) is 24.1 Å². The summed E-state index contributed by atoms with van der Waals surface area (Å²) >= 11 is 0. The second-order valence-corrected chi connectivity index (χ2v) is 7.09. The van der Waals surface area contributed by atoms with Gasteiger partial charge >= 0.3 is 0 Å². The molecule has 1 N–H and O–H groups in total. The van der Waals surface area contributed by atoms with Crippen molar-refractivity contribution in [3.05, 3.63) is 0 Å². The lowest BCUT2D eigenvalue weighted by molar-refractivity contribution is 0.0544. The Morgan fingerprint density at radius 3 is 2.67 bits per heavy atom. The van der Waals surface area contributed by atoms with Crippen molar-refractivity contribution in [1.29, 1.82) is 0 Å². The maximum absolute atomic E-state index is 5.60. The summed E-state index contributed by atoms with van der Waals surface area (Å²) in [5.41, 5.74) is 0. The third-order valence-corrected chi connectivity index (χ3v) is 4.66. The van der Waals surface area contributed by atoms with E-state index in [0.29, 0.717) is 12.6 Å². The Hall–Kier alpha value is -0.160. The molecular weight excluding hydrogens is 264 g/mol. The van der Waals surface area contributed by atoms with Crippen LogP contribution in [0, 0.1) is 11.8 Å². The Morgan fingerprint density at radius 1 is 1.19 bits per heavy atom. The molecule has 0 aromatic carbocycles. The highest BCUT2D eigenvalue weighted by molar-refractivity contribution is 4.94. The van der Waals surface area contributed by atoms with Gasteiger partial charge in [-0.1, -0.05) is 13.8 Å². The van der Waals surface area contributed by atoms with Crippen LogP contribution in [-0.4, -0.2) is 63.5 Å². The van der Waals surface area contributed by atoms with Crippen LogP contribution in [0.2, 0.25) is 0 Å². The zero-order valence-electron chi connectivity index (χ0n) is 14.1. The predicted octanol–water partition coefficient (Wildman–Crippen LogP) is 2.14. The fourth-order valence-electron chi connectivity index (χ4n) is 3.36. The average Bonchev–Trinajstić information content (AvgIpc) is 3.28. The maximum Gasteiger partial charge on any atom is 0.0700 e. The monoisotopic (exact) mass is 298 g/mol. The van der Waals surface area contributed by atoms with E-state index in [4.69, 9.17) is 9.47 Å². The van der Waals surface area contributed by atoms with Crippen molar-refractivity contribution in [1.82, 2.24) is 10.2 Å². The van der Waals surface area contributed by atoms with Gasteiger partial charge in [-0.05, 0) is 37.5 Å². The second-order valence-electron chi connectivity index (χ2n) is 7.09. The summed E-state index contributed by atoms with van der Waals surface area (Å²) in [4.78, 5) is 2.72. The highest BCUT2D eigenvalue weighted by Gasteiger charge is 2.36. The minimum atomic E-state index is 0.702. The highest BCUT2D eigenvalue weighted by atomic mass is 16.5. The number of hydrogen-bond donors (Lipinski definition) is 1. The molecule has 0 spiro atoms. The number of hydrogen-bond acceptors (Lipinski definition) is 4. The van der Waals surface area contributed by atoms with Gasteiger partial charge < -0.3 is 14.8 Å². The lowest BCUT2D eigenvalue weighted by Gasteiger charge is -2.41. The topological polar surface area (TPSA) is 33.7 Å². The first-order valence-corrected chi connectivity index (χ1v) is 8.74. The van der Waals surface area contributed by atoms with Crippen LogP contribution in [0.15, 0.2) is 0 Å². The van der Waals surface area contributed by atoms with Crippen LogP contribution in [-0.2, 0) is 9.47 Å². The zero-order chi connectivity index (χ0) is 15.1. The van der Waals surface area contributed by atoms with E-state index in [9.17, 15) is 0 Å². The van der Waals surface area contributed by atoms with E-state index in [1.807, 2.05) is 0 Å². The Bertz CT molecular complexity index is 282. The maximum atomic E-state index is 5.60. The van der Waals surface area contributed by atoms with Gasteiger partial charge in [0.25, 0.3) is 0 Å². The molecular formula is C17H34N2O2. The van der Waals surface area contributed by atoms with E-state index in [0.717, 1.165) is 37.5 Å². The molecule has 0 aromatic heterocycles. The van der Waals surface area contributed by atoms with E-state index in [-0.39, 0.29) is 0 Å². The summed E-state index contributed by atoms with van der Waals surface area (Å²) in [7, 11) is 1.72. The first-order chi connectivity index (χ1) is 10.2. The Kier molecular flexibility index (Phi) is 7.44. The normalized spacial score (nSPS) is 27.4. The Morgan fingerprint density at radius 2 is 2.00 bits per heavy atom. The summed E-state index contributed by atoms with van der Waals surface area (Å²) in [6.45, 7) is 10.5. The standard InChI is InChI=1S/C17H34N2O2/c1-14(2)11-16-12-18-17(15-5-6-15)13-19(16)7-4-8-21-10-9-20-3/h14-18H,4-13H2,1-3H3. The largest absolute Gasteiger partial charge is 0.382 e. The first kappa shape index (κ1) is 17.2. The Balaban J connectivity index is 1.70. The molecule has 1 saturated heterocycles. The van der Waals surface area contributed by atoms with E-state index >= 15 is 0 Å². The molecule has 0 aromatic rings. The zero-order valence-corrected chi connectivity index (χ0v) is 14.1. The van der Waals surface area contributed by atoms with Crippen molar-refractivity contribution in [2.24, 2.45) is 11.8 Å². The molecule has 2 atom stereocenters. The molecule has 21 heavy (non-hydrogen) atoms. The van der Waals surface area contributed by atoms with Crippen molar-refractivity contribution >= 4 is 0 Å². The van der Waals surface area contributed by atoms with Crippen LogP contribution in [0.4, 0.5) is 0 Å². The smallest absolute Gasteiger partial charge is 0.0700 e. The number of piperazine rings is 1. The number of nitrogens with one attached hydrogen (secondary N) is 1. The van der Waals surface area contributed by atoms with E-state index < -0.39 is 0 Å². The van der Waals surface area contributed by atoms with Crippen molar-refractivity contribution in [3.63, 3.8) is 0 Å². The molecule has 1 aliphatic heterocycles. The summed E-state index contributed by atoms with van der Waals surface area (Å²) in [5.74, 6) is 1.72. The van der Waals surface area contributed by atoms with Gasteiger partial charge in [0.1, 0.15) is 0 Å². The average molecular weight is 298 g/mol. The molecule has 0 radical (unpaired) electrons. The SMILES string of the molecule is COCCOCCCN1CC(C2CC2)NCC1CC(C)C. The van der Waals surface area contributed by atoms with Crippen LogP contribution in [0.25, 0.3) is 0 Å². The summed E-state index contributed by atoms with van der Waals surface area (Å²) < 4.78 is 10.6. The number of methoxy groups -OCH3 is 1. The molecule has 2 rings (SSSR count). The van der Waals surface area contributed by atoms with Gasteiger partial charge in [0.15, 0.2) is 0 Å². The number of rotatable bonds is 10. The summed E-state index contributed by atoms with van der Waals surface area (Å²) in [6, 6.07) is 1.45. The minimum Gasteiger partial charge on any atom is -0.382 e. The molecule has 2 aliphatic rings. The molecule has 2 fully saturated rings. The molecule has 4 nitrogen and oxygen atoms in total. The molecule has 0 bridgehead atoms. The van der Waals surface area contributed by atoms with Gasteiger partial charge in [-0.3, -0.25) is 4.90 Å². The van der Waals surface area contributed by atoms with Crippen molar-refractivity contribution in [2.45, 2.75) is 51.6 Å². The molecule has 124 valence electrons. The van der Waals surface area contributed by atoms with E-state index in [1.54, 1.807) is 7.11 Å². The molecule has 0 amide bonds. The highest BCUT2D eigenvalue weighted by Crippen LogP contribution is 2.34. The minimum absolute atomic E-state index is 0.702. The molecule has 1 saturated carbocycles. The lowest BCUT2D eigenvalue weighted by atomic mass is 9.97. The van der Waals surface area contributed by atoms with Crippen LogP contribution >= 0.6 is 0 Å². The van der Waals surface area contributed by atoms with Crippen LogP contribution in [0.1, 0.15) is 39.5 Å². The molecule has 2 unspecified atom stereocenters. The van der Waals surface area contributed by atoms with Gasteiger partial charge in [-0.15, -0.1) is 0 Å². The van der Waals surface area contributed by atoms with Gasteiger partial charge in [-0.2, -0.15) is 0 Å². The van der Waals surface area contributed by atoms with Gasteiger partial charge in [-0.25, -0.2) is 0 Å². The van der Waals surface area contributed by atoms with Crippen molar-refractivity contribution < 1.29 is 9.47 Å². The number of ether oxygens (including phenoxy) is 2.